The van der Waals surface area contributed by atoms with Gasteiger partial charge in [-0.15, -0.1) is 6.58 Å². The Hall–Kier alpha value is -0.500. The Kier molecular flexibility index (Phi) is 22.4. The Bertz CT molecular complexity index is 541. The van der Waals surface area contributed by atoms with Gasteiger partial charge in [0.2, 0.25) is 0 Å². The third-order valence-electron chi connectivity index (χ3n) is 7.80. The van der Waals surface area contributed by atoms with Crippen molar-refractivity contribution in [3.63, 3.8) is 0 Å². The van der Waals surface area contributed by atoms with Gasteiger partial charge in [0.15, 0.2) is 0 Å². The fourth-order valence-electron chi connectivity index (χ4n) is 5.21. The standard InChI is InChI=1S/C31H61NO2P/c1-6-8-9-10-11-12-13-14-15-16-17-18-19-20-21-22-23-24-25-26-27-28-29-30-31(7-2,35(33)34)32(3,4)5/h6,19-20H,1,7-18,21-30H2,2-5H3/q+1. The van der Waals surface area contributed by atoms with Crippen LogP contribution in [0.5, 0.6) is 0 Å². The zero-order valence-electron chi connectivity index (χ0n) is 24.2. The van der Waals surface area contributed by atoms with Crippen LogP contribution in [0.3, 0.4) is 0 Å². The zero-order chi connectivity index (χ0) is 26.3. The molecule has 0 saturated heterocycles. The van der Waals surface area contributed by atoms with E-state index in [0.29, 0.717) is 10.9 Å². The summed E-state index contributed by atoms with van der Waals surface area (Å²) in [4.78, 5) is 12.0. The predicted octanol–water partition coefficient (Wildman–Crippen LogP) is 9.84. The number of hydrogen-bond acceptors (Lipinski definition) is 2. The van der Waals surface area contributed by atoms with Crippen LogP contribution in [0.15, 0.2) is 24.8 Å². The smallest absolute Gasteiger partial charge is 0.376 e. The molecule has 0 rings (SSSR count). The molecule has 0 radical (unpaired) electrons. The Morgan fingerprint density at radius 3 is 1.31 bits per heavy atom. The number of nitrogens with zero attached hydrogens (tertiary/aromatic N) is 1. The van der Waals surface area contributed by atoms with Crippen molar-refractivity contribution in [2.75, 3.05) is 21.1 Å². The number of quaternary nitrogens is 1. The quantitative estimate of drug-likeness (QED) is 0.0503. The molecule has 2 atom stereocenters. The van der Waals surface area contributed by atoms with Crippen LogP contribution in [-0.4, -0.2) is 30.9 Å². The van der Waals surface area contributed by atoms with Crippen molar-refractivity contribution in [3.05, 3.63) is 24.8 Å². The summed E-state index contributed by atoms with van der Waals surface area (Å²) in [5, 5.41) is -0.603. The molecule has 0 aromatic rings. The fraction of sp³-hybridized carbons (Fsp3) is 0.871. The van der Waals surface area contributed by atoms with Gasteiger partial charge in [-0.25, -0.2) is 0 Å². The van der Waals surface area contributed by atoms with Crippen molar-refractivity contribution in [1.82, 2.24) is 0 Å². The SMILES string of the molecule is C=CCCCCCCCCCCCC=CCCCCCCCCCCC(CC)([P+](=O)[O-])[N+](C)(C)C. The molecule has 0 fully saturated rings. The van der Waals surface area contributed by atoms with Gasteiger partial charge in [-0.2, -0.15) is 0 Å². The van der Waals surface area contributed by atoms with Gasteiger partial charge in [-0.3, -0.25) is 4.48 Å². The van der Waals surface area contributed by atoms with Crippen LogP contribution >= 0.6 is 8.03 Å². The fourth-order valence-corrected chi connectivity index (χ4v) is 6.30. The van der Waals surface area contributed by atoms with Crippen LogP contribution in [0.1, 0.15) is 148 Å². The van der Waals surface area contributed by atoms with Crippen molar-refractivity contribution in [3.8, 4) is 0 Å². The lowest BCUT2D eigenvalue weighted by Gasteiger charge is -2.39. The first-order valence-electron chi connectivity index (χ1n) is 15.0. The molecule has 0 amide bonds. The van der Waals surface area contributed by atoms with Crippen molar-refractivity contribution >= 4 is 8.03 Å². The van der Waals surface area contributed by atoms with E-state index in [0.717, 1.165) is 19.3 Å². The first-order valence-corrected chi connectivity index (χ1v) is 16.2. The third-order valence-corrected chi connectivity index (χ3v) is 9.62. The van der Waals surface area contributed by atoms with Gasteiger partial charge in [-0.1, -0.05) is 113 Å². The molecule has 0 aromatic heterocycles. The molecule has 0 aromatic carbocycles. The van der Waals surface area contributed by atoms with Gasteiger partial charge in [-0.05, 0) is 44.9 Å². The van der Waals surface area contributed by atoms with E-state index in [1.807, 2.05) is 34.1 Å². The summed E-state index contributed by atoms with van der Waals surface area (Å²) in [6.45, 7) is 5.80. The maximum absolute atomic E-state index is 12.0. The van der Waals surface area contributed by atoms with Crippen molar-refractivity contribution in [1.29, 1.82) is 0 Å². The Morgan fingerprint density at radius 2 is 1.00 bits per heavy atom. The minimum atomic E-state index is -2.42. The van der Waals surface area contributed by atoms with Gasteiger partial charge in [0.25, 0.3) is 5.28 Å². The van der Waals surface area contributed by atoms with Gasteiger partial charge in [0.05, 0.1) is 21.1 Å². The first kappa shape index (κ1) is 34.5. The summed E-state index contributed by atoms with van der Waals surface area (Å²) in [7, 11) is 3.62. The van der Waals surface area contributed by atoms with Crippen molar-refractivity contribution in [2.24, 2.45) is 0 Å². The Morgan fingerprint density at radius 1 is 0.657 bits per heavy atom. The highest BCUT2D eigenvalue weighted by atomic mass is 31.1. The van der Waals surface area contributed by atoms with E-state index in [-0.39, 0.29) is 0 Å². The van der Waals surface area contributed by atoms with Gasteiger partial charge >= 0.3 is 8.03 Å². The monoisotopic (exact) mass is 510 g/mol. The molecule has 4 heteroatoms. The van der Waals surface area contributed by atoms with Crippen LogP contribution < -0.4 is 4.89 Å². The molecule has 0 N–H and O–H groups in total. The Balaban J connectivity index is 3.46. The average Bonchev–Trinajstić information content (AvgIpc) is 2.81. The first-order chi connectivity index (χ1) is 16.8. The van der Waals surface area contributed by atoms with E-state index in [2.05, 4.69) is 18.7 Å². The molecule has 206 valence electrons. The lowest BCUT2D eigenvalue weighted by Crippen LogP contribution is -2.55. The predicted molar refractivity (Wildman–Crippen MR) is 155 cm³/mol. The van der Waals surface area contributed by atoms with Crippen LogP contribution in [0.2, 0.25) is 0 Å². The van der Waals surface area contributed by atoms with E-state index in [9.17, 15) is 9.46 Å². The second-order valence-electron chi connectivity index (χ2n) is 11.5. The highest BCUT2D eigenvalue weighted by Crippen LogP contribution is 2.44. The highest BCUT2D eigenvalue weighted by Gasteiger charge is 2.52. The largest absolute Gasteiger partial charge is 0.590 e. The van der Waals surface area contributed by atoms with Gasteiger partial charge in [0.1, 0.15) is 0 Å². The van der Waals surface area contributed by atoms with Crippen LogP contribution in [0, 0.1) is 0 Å². The molecule has 3 nitrogen and oxygen atoms in total. The minimum absolute atomic E-state index is 0.508. The molecule has 0 bridgehead atoms. The van der Waals surface area contributed by atoms with E-state index >= 15 is 0 Å². The van der Waals surface area contributed by atoms with E-state index in [4.69, 9.17) is 0 Å². The topological polar surface area (TPSA) is 40.1 Å². The molecule has 0 heterocycles. The van der Waals surface area contributed by atoms with Crippen LogP contribution in [-0.2, 0) is 4.57 Å². The summed E-state index contributed by atoms with van der Waals surface area (Å²) in [6, 6.07) is 0. The molecular formula is C31H61NO2P+. The third kappa shape index (κ3) is 17.6. The zero-order valence-corrected chi connectivity index (χ0v) is 25.1. The average molecular weight is 511 g/mol. The number of unbranched alkanes of at least 4 members (excludes halogenated alkanes) is 18. The lowest BCUT2D eigenvalue weighted by molar-refractivity contribution is -0.910. The molecule has 0 aliphatic rings. The molecule has 0 aliphatic carbocycles. The number of rotatable bonds is 26. The maximum atomic E-state index is 12.0. The normalized spacial score (nSPS) is 14.4. The van der Waals surface area contributed by atoms with Crippen molar-refractivity contribution in [2.45, 2.75) is 153 Å². The lowest BCUT2D eigenvalue weighted by atomic mass is 10.0. The van der Waals surface area contributed by atoms with Crippen LogP contribution in [0.4, 0.5) is 0 Å². The molecule has 2 unspecified atom stereocenters. The molecule has 0 spiro atoms. The van der Waals surface area contributed by atoms with Crippen LogP contribution in [0.25, 0.3) is 0 Å². The van der Waals surface area contributed by atoms with Gasteiger partial charge < -0.3 is 4.89 Å². The summed E-state index contributed by atoms with van der Waals surface area (Å²) >= 11 is 0. The summed E-state index contributed by atoms with van der Waals surface area (Å²) in [6.07, 6.45) is 34.6. The maximum Gasteiger partial charge on any atom is 0.376 e. The molecular weight excluding hydrogens is 449 g/mol. The number of allylic oxidation sites excluding steroid dienone is 3. The second kappa shape index (κ2) is 22.7. The summed E-state index contributed by atoms with van der Waals surface area (Å²) in [5.74, 6) is 0. The second-order valence-corrected chi connectivity index (χ2v) is 12.8. The molecule has 0 saturated carbocycles. The van der Waals surface area contributed by atoms with Crippen molar-refractivity contribution < 1.29 is 13.9 Å². The molecule has 0 aliphatic heterocycles. The minimum Gasteiger partial charge on any atom is -0.590 e. The summed E-state index contributed by atoms with van der Waals surface area (Å²) in [5.41, 5.74) is 0. The van der Waals surface area contributed by atoms with E-state index in [1.54, 1.807) is 0 Å². The van der Waals surface area contributed by atoms with Gasteiger partial charge in [0, 0.05) is 12.8 Å². The number of hydrogen-bond donors (Lipinski definition) is 0. The van der Waals surface area contributed by atoms with E-state index < -0.39 is 13.3 Å². The molecule has 35 heavy (non-hydrogen) atoms. The Labute approximate surface area is 221 Å². The highest BCUT2D eigenvalue weighted by molar-refractivity contribution is 7.38. The summed E-state index contributed by atoms with van der Waals surface area (Å²) < 4.78 is 12.5. The van der Waals surface area contributed by atoms with E-state index in [1.165, 1.54) is 116 Å².